The monoisotopic (exact) mass is 285 g/mol. The third kappa shape index (κ3) is 2.45. The second-order valence-corrected chi connectivity index (χ2v) is 5.97. The minimum atomic E-state index is -0.412. The molecule has 0 unspecified atom stereocenters. The number of hydrogen-bond acceptors (Lipinski definition) is 4. The number of hydrogen-bond donors (Lipinski definition) is 1. The highest BCUT2D eigenvalue weighted by molar-refractivity contribution is 7.99. The topological polar surface area (TPSA) is 56.1 Å². The van der Waals surface area contributed by atoms with Crippen LogP contribution in [0.5, 0.6) is 0 Å². The maximum atomic E-state index is 12.5. The SMILES string of the molecule is N#C[C@@H]1C=CCN1C(=O)[C@@H]1CS[C@H](c2ccccc2)N1. The van der Waals surface area contributed by atoms with E-state index in [1.54, 1.807) is 22.7 Å². The minimum absolute atomic E-state index is 0.0208. The van der Waals surface area contributed by atoms with Crippen molar-refractivity contribution in [2.75, 3.05) is 12.3 Å². The van der Waals surface area contributed by atoms with Gasteiger partial charge in [-0.3, -0.25) is 10.1 Å². The molecule has 0 radical (unpaired) electrons. The Bertz CT molecular complexity index is 566. The Morgan fingerprint density at radius 3 is 2.95 bits per heavy atom. The van der Waals surface area contributed by atoms with E-state index in [0.717, 1.165) is 5.75 Å². The lowest BCUT2D eigenvalue weighted by Crippen LogP contribution is -2.47. The van der Waals surface area contributed by atoms with E-state index in [0.29, 0.717) is 6.54 Å². The van der Waals surface area contributed by atoms with Crippen LogP contribution in [0, 0.1) is 11.3 Å². The summed E-state index contributed by atoms with van der Waals surface area (Å²) in [6.07, 6.45) is 3.66. The van der Waals surface area contributed by atoms with Gasteiger partial charge in [0.1, 0.15) is 6.04 Å². The fourth-order valence-electron chi connectivity index (χ4n) is 2.49. The summed E-state index contributed by atoms with van der Waals surface area (Å²) < 4.78 is 0. The molecule has 1 amide bonds. The lowest BCUT2D eigenvalue weighted by Gasteiger charge is -2.23. The maximum absolute atomic E-state index is 12.5. The summed E-state index contributed by atoms with van der Waals surface area (Å²) in [5.74, 6) is 0.764. The van der Waals surface area contributed by atoms with E-state index in [1.165, 1.54) is 5.56 Å². The Kier molecular flexibility index (Phi) is 3.77. The van der Waals surface area contributed by atoms with Gasteiger partial charge < -0.3 is 4.90 Å². The molecule has 0 aliphatic carbocycles. The molecule has 20 heavy (non-hydrogen) atoms. The standard InChI is InChI=1S/C15H15N3OS/c16-9-12-7-4-8-18(12)15(19)13-10-20-14(17-13)11-5-2-1-3-6-11/h1-7,12-14,17H,8,10H2/t12-,13-,14+/m0/s1. The molecular formula is C15H15N3OS. The molecule has 102 valence electrons. The molecule has 0 aromatic heterocycles. The van der Waals surface area contributed by atoms with Crippen LogP contribution in [0.15, 0.2) is 42.5 Å². The van der Waals surface area contributed by atoms with E-state index in [1.807, 2.05) is 24.3 Å². The first kappa shape index (κ1) is 13.2. The molecule has 1 fully saturated rings. The molecule has 4 nitrogen and oxygen atoms in total. The first-order chi connectivity index (χ1) is 9.79. The van der Waals surface area contributed by atoms with Crippen LogP contribution in [0.3, 0.4) is 0 Å². The van der Waals surface area contributed by atoms with Gasteiger partial charge in [0, 0.05) is 12.3 Å². The molecule has 1 aromatic rings. The smallest absolute Gasteiger partial charge is 0.242 e. The van der Waals surface area contributed by atoms with Crippen LogP contribution in [0.25, 0.3) is 0 Å². The summed E-state index contributed by atoms with van der Waals surface area (Å²) in [5.41, 5.74) is 1.18. The number of nitriles is 1. The highest BCUT2D eigenvalue weighted by atomic mass is 32.2. The third-order valence-electron chi connectivity index (χ3n) is 3.55. The Balaban J connectivity index is 1.66. The lowest BCUT2D eigenvalue weighted by molar-refractivity contribution is -0.132. The van der Waals surface area contributed by atoms with Crippen LogP contribution in [0.4, 0.5) is 0 Å². The van der Waals surface area contributed by atoms with Gasteiger partial charge in [-0.25, -0.2) is 0 Å². The molecule has 0 saturated carbocycles. The predicted molar refractivity (Wildman–Crippen MR) is 78.8 cm³/mol. The first-order valence-electron chi connectivity index (χ1n) is 6.59. The Labute approximate surface area is 122 Å². The highest BCUT2D eigenvalue weighted by Gasteiger charge is 2.35. The molecule has 5 heteroatoms. The van der Waals surface area contributed by atoms with Crippen molar-refractivity contribution in [2.24, 2.45) is 0 Å². The van der Waals surface area contributed by atoms with Crippen LogP contribution >= 0.6 is 11.8 Å². The van der Waals surface area contributed by atoms with Crippen molar-refractivity contribution in [1.82, 2.24) is 10.2 Å². The fraction of sp³-hybridized carbons (Fsp3) is 0.333. The zero-order valence-corrected chi connectivity index (χ0v) is 11.7. The van der Waals surface area contributed by atoms with Crippen molar-refractivity contribution in [3.05, 3.63) is 48.0 Å². The Morgan fingerprint density at radius 1 is 1.40 bits per heavy atom. The maximum Gasteiger partial charge on any atom is 0.242 e. The molecule has 3 rings (SSSR count). The number of benzene rings is 1. The van der Waals surface area contributed by atoms with E-state index in [-0.39, 0.29) is 17.3 Å². The number of nitrogens with one attached hydrogen (secondary N) is 1. The van der Waals surface area contributed by atoms with Gasteiger partial charge in [-0.15, -0.1) is 11.8 Å². The van der Waals surface area contributed by atoms with Crippen molar-refractivity contribution in [1.29, 1.82) is 5.26 Å². The third-order valence-corrected chi connectivity index (χ3v) is 4.82. The van der Waals surface area contributed by atoms with Gasteiger partial charge in [0.05, 0.1) is 17.5 Å². The molecule has 2 heterocycles. The minimum Gasteiger partial charge on any atom is -0.318 e. The largest absolute Gasteiger partial charge is 0.318 e. The molecule has 1 saturated heterocycles. The van der Waals surface area contributed by atoms with Crippen molar-refractivity contribution in [2.45, 2.75) is 17.5 Å². The summed E-state index contributed by atoms with van der Waals surface area (Å²) in [4.78, 5) is 14.1. The summed E-state index contributed by atoms with van der Waals surface area (Å²) in [5, 5.41) is 12.6. The second kappa shape index (κ2) is 5.70. The van der Waals surface area contributed by atoms with Gasteiger partial charge in [0.2, 0.25) is 5.91 Å². The van der Waals surface area contributed by atoms with Crippen molar-refractivity contribution in [3.8, 4) is 6.07 Å². The van der Waals surface area contributed by atoms with Gasteiger partial charge in [-0.2, -0.15) is 5.26 Å². The number of rotatable bonds is 2. The lowest BCUT2D eigenvalue weighted by atomic mass is 10.2. The number of carbonyl (C=O) groups excluding carboxylic acids is 1. The van der Waals surface area contributed by atoms with Crippen LogP contribution in [-0.2, 0) is 4.79 Å². The van der Waals surface area contributed by atoms with Crippen LogP contribution in [0.2, 0.25) is 0 Å². The molecule has 3 atom stereocenters. The molecule has 1 N–H and O–H groups in total. The zero-order chi connectivity index (χ0) is 13.9. The van der Waals surface area contributed by atoms with Crippen LogP contribution in [-0.4, -0.2) is 35.2 Å². The first-order valence-corrected chi connectivity index (χ1v) is 7.64. The Hall–Kier alpha value is -1.77. The average Bonchev–Trinajstić information content (AvgIpc) is 3.16. The predicted octanol–water partition coefficient (Wildman–Crippen LogP) is 1.68. The highest BCUT2D eigenvalue weighted by Crippen LogP contribution is 2.33. The van der Waals surface area contributed by atoms with Gasteiger partial charge >= 0.3 is 0 Å². The van der Waals surface area contributed by atoms with Gasteiger partial charge in [0.25, 0.3) is 0 Å². The fourth-order valence-corrected chi connectivity index (χ4v) is 3.73. The van der Waals surface area contributed by atoms with E-state index >= 15 is 0 Å². The zero-order valence-electron chi connectivity index (χ0n) is 10.9. The Morgan fingerprint density at radius 2 is 2.20 bits per heavy atom. The molecule has 1 aromatic carbocycles. The average molecular weight is 285 g/mol. The summed E-state index contributed by atoms with van der Waals surface area (Å²) in [7, 11) is 0. The summed E-state index contributed by atoms with van der Waals surface area (Å²) in [6, 6.07) is 11.6. The van der Waals surface area contributed by atoms with Gasteiger partial charge in [-0.1, -0.05) is 36.4 Å². The van der Waals surface area contributed by atoms with E-state index < -0.39 is 6.04 Å². The number of amides is 1. The van der Waals surface area contributed by atoms with Crippen LogP contribution in [0.1, 0.15) is 10.9 Å². The molecule has 2 aliphatic rings. The van der Waals surface area contributed by atoms with Crippen molar-refractivity contribution in [3.63, 3.8) is 0 Å². The summed E-state index contributed by atoms with van der Waals surface area (Å²) >= 11 is 1.74. The van der Waals surface area contributed by atoms with Gasteiger partial charge in [-0.05, 0) is 11.6 Å². The van der Waals surface area contributed by atoms with E-state index in [9.17, 15) is 4.79 Å². The normalized spacial score (nSPS) is 28.6. The second-order valence-electron chi connectivity index (χ2n) is 4.84. The molecular weight excluding hydrogens is 270 g/mol. The number of carbonyl (C=O) groups is 1. The number of nitrogens with zero attached hydrogens (tertiary/aromatic N) is 2. The van der Waals surface area contributed by atoms with Crippen LogP contribution < -0.4 is 5.32 Å². The molecule has 2 aliphatic heterocycles. The van der Waals surface area contributed by atoms with Gasteiger partial charge in [0.15, 0.2) is 0 Å². The van der Waals surface area contributed by atoms with Crippen molar-refractivity contribution < 1.29 is 4.79 Å². The van der Waals surface area contributed by atoms with E-state index in [2.05, 4.69) is 23.5 Å². The molecule has 0 spiro atoms. The number of thioether (sulfide) groups is 1. The molecule has 0 bridgehead atoms. The van der Waals surface area contributed by atoms with Crippen molar-refractivity contribution >= 4 is 17.7 Å². The van der Waals surface area contributed by atoms with E-state index in [4.69, 9.17) is 5.26 Å². The quantitative estimate of drug-likeness (QED) is 0.840. The summed E-state index contributed by atoms with van der Waals surface area (Å²) in [6.45, 7) is 0.538.